The van der Waals surface area contributed by atoms with Crippen molar-refractivity contribution in [3.8, 4) is 0 Å². The molecule has 1 aromatic rings. The second-order valence-electron chi connectivity index (χ2n) is 1.38. The summed E-state index contributed by atoms with van der Waals surface area (Å²) < 4.78 is 1.92. The van der Waals surface area contributed by atoms with Crippen LogP contribution in [-0.2, 0) is 0 Å². The van der Waals surface area contributed by atoms with Crippen molar-refractivity contribution >= 4 is 20.7 Å². The Hall–Kier alpha value is -0.801. The third kappa shape index (κ3) is 1.87. The van der Waals surface area contributed by atoms with Crippen molar-refractivity contribution < 1.29 is 0 Å². The molecular weight excluding hydrogens is 183 g/mol. The van der Waals surface area contributed by atoms with Crippen LogP contribution in [0.15, 0.2) is 23.8 Å². The van der Waals surface area contributed by atoms with Crippen molar-refractivity contribution in [1.82, 2.24) is 9.66 Å². The zero-order chi connectivity index (χ0) is 6.69. The Bertz CT molecular complexity index is 198. The summed E-state index contributed by atoms with van der Waals surface area (Å²) in [6.07, 6.45) is 4.89. The van der Waals surface area contributed by atoms with E-state index >= 15 is 0 Å². The Kier molecular flexibility index (Phi) is 1.87. The zero-order valence-corrected chi connectivity index (χ0v) is 6.27. The number of imidazole rings is 1. The van der Waals surface area contributed by atoms with Gasteiger partial charge in [-0.15, -0.1) is 0 Å². The van der Waals surface area contributed by atoms with E-state index in [2.05, 4.69) is 26.1 Å². The summed E-state index contributed by atoms with van der Waals surface area (Å²) in [6.45, 7) is 0. The van der Waals surface area contributed by atoms with Gasteiger partial charge in [-0.25, -0.2) is 0 Å². The molecule has 1 aromatic heterocycles. The van der Waals surface area contributed by atoms with Gasteiger partial charge in [0.25, 0.3) is 0 Å². The molecule has 0 aliphatic heterocycles. The monoisotopic (exact) mass is 189 g/mol. The first-order valence-corrected chi connectivity index (χ1v) is 3.14. The fourth-order valence-corrected chi connectivity index (χ4v) is 0.623. The second-order valence-corrected chi connectivity index (χ2v) is 2.26. The van der Waals surface area contributed by atoms with Crippen molar-refractivity contribution in [3.63, 3.8) is 0 Å². The number of nitrogens with zero attached hydrogens (tertiary/aromatic N) is 3. The van der Waals surface area contributed by atoms with Crippen molar-refractivity contribution in [3.05, 3.63) is 18.7 Å². The standard InChI is InChI=1S/C4H5N4Se/c5-4(9)7-8-2-1-6-3-8/h1-3H,(H2,5,7). The molecular formula is C4H5N4Se. The molecule has 0 aliphatic rings. The minimum atomic E-state index is 0.396. The fourth-order valence-electron chi connectivity index (χ4n) is 0.425. The van der Waals surface area contributed by atoms with Gasteiger partial charge in [0.1, 0.15) is 0 Å². The average molecular weight is 188 g/mol. The molecule has 0 aromatic carbocycles. The molecule has 0 saturated carbocycles. The quantitative estimate of drug-likeness (QED) is 0.354. The van der Waals surface area contributed by atoms with E-state index in [0.29, 0.717) is 4.73 Å². The maximum absolute atomic E-state index is 5.23. The predicted molar refractivity (Wildman–Crippen MR) is 35.0 cm³/mol. The third-order valence-electron chi connectivity index (χ3n) is 0.704. The van der Waals surface area contributed by atoms with Gasteiger partial charge in [-0.2, -0.15) is 0 Å². The first kappa shape index (κ1) is 6.32. The van der Waals surface area contributed by atoms with Crippen molar-refractivity contribution in [1.29, 1.82) is 0 Å². The molecule has 0 amide bonds. The summed E-state index contributed by atoms with van der Waals surface area (Å²) in [5, 5.41) is 3.81. The van der Waals surface area contributed by atoms with Crippen LogP contribution in [-0.4, -0.2) is 30.4 Å². The van der Waals surface area contributed by atoms with Crippen LogP contribution < -0.4 is 5.73 Å². The zero-order valence-electron chi connectivity index (χ0n) is 4.56. The fraction of sp³-hybridized carbons (Fsp3) is 0. The van der Waals surface area contributed by atoms with E-state index in [-0.39, 0.29) is 0 Å². The van der Waals surface area contributed by atoms with Gasteiger partial charge in [0.2, 0.25) is 0 Å². The van der Waals surface area contributed by atoms with Gasteiger partial charge in [-0.3, -0.25) is 0 Å². The van der Waals surface area contributed by atoms with E-state index in [4.69, 9.17) is 5.73 Å². The van der Waals surface area contributed by atoms with E-state index in [9.17, 15) is 0 Å². The molecule has 0 spiro atoms. The predicted octanol–water partition coefficient (Wildman–Crippen LogP) is -0.871. The van der Waals surface area contributed by atoms with Gasteiger partial charge >= 0.3 is 60.0 Å². The van der Waals surface area contributed by atoms with Crippen LogP contribution in [0.5, 0.6) is 0 Å². The van der Waals surface area contributed by atoms with Gasteiger partial charge in [-0.05, 0) is 0 Å². The molecule has 47 valence electrons. The van der Waals surface area contributed by atoms with Gasteiger partial charge in [-0.1, -0.05) is 0 Å². The van der Waals surface area contributed by atoms with Crippen LogP contribution in [0.3, 0.4) is 0 Å². The molecule has 9 heavy (non-hydrogen) atoms. The van der Waals surface area contributed by atoms with Crippen molar-refractivity contribution in [2.45, 2.75) is 0 Å². The number of rotatable bonds is 1. The molecule has 0 aliphatic carbocycles. The van der Waals surface area contributed by atoms with Crippen LogP contribution >= 0.6 is 0 Å². The molecule has 0 saturated heterocycles. The second kappa shape index (κ2) is 2.66. The molecule has 0 fully saturated rings. The Morgan fingerprint density at radius 2 is 2.56 bits per heavy atom. The molecule has 5 heteroatoms. The molecule has 1 radical (unpaired) electrons. The molecule has 0 atom stereocenters. The SMILES string of the molecule is NC([Se])=Nn1ccnc1. The van der Waals surface area contributed by atoms with Crippen LogP contribution in [0.1, 0.15) is 0 Å². The van der Waals surface area contributed by atoms with Crippen molar-refractivity contribution in [2.75, 3.05) is 0 Å². The molecule has 1 rings (SSSR count). The molecule has 0 unspecified atom stereocenters. The Morgan fingerprint density at radius 3 is 3.00 bits per heavy atom. The maximum atomic E-state index is 5.23. The molecule has 2 N–H and O–H groups in total. The van der Waals surface area contributed by atoms with Gasteiger partial charge in [0.05, 0.1) is 0 Å². The summed E-state index contributed by atoms with van der Waals surface area (Å²) in [5.41, 5.74) is 5.23. The van der Waals surface area contributed by atoms with E-state index in [1.165, 1.54) is 4.68 Å². The number of hydrogen-bond acceptors (Lipinski definition) is 2. The number of hydrogen-bond donors (Lipinski definition) is 1. The Morgan fingerprint density at radius 1 is 1.78 bits per heavy atom. The summed E-state index contributed by atoms with van der Waals surface area (Å²) >= 11 is 2.56. The number of nitrogens with two attached hydrogens (primary N) is 1. The molecule has 1 heterocycles. The van der Waals surface area contributed by atoms with E-state index in [1.54, 1.807) is 18.7 Å². The van der Waals surface area contributed by atoms with E-state index < -0.39 is 0 Å². The number of amidine groups is 1. The molecule has 4 nitrogen and oxygen atoms in total. The molecule has 0 bridgehead atoms. The van der Waals surface area contributed by atoms with Crippen LogP contribution in [0.4, 0.5) is 0 Å². The normalized spacial score (nSPS) is 11.8. The summed E-state index contributed by atoms with van der Waals surface area (Å²) in [6, 6.07) is 0. The average Bonchev–Trinajstić information content (AvgIpc) is 2.15. The van der Waals surface area contributed by atoms with E-state index in [1.807, 2.05) is 0 Å². The third-order valence-corrected chi connectivity index (χ3v) is 0.876. The summed E-state index contributed by atoms with van der Waals surface area (Å²) in [4.78, 5) is 3.76. The minimum absolute atomic E-state index is 0.396. The number of aromatic nitrogens is 2. The van der Waals surface area contributed by atoms with Crippen LogP contribution in [0.2, 0.25) is 0 Å². The Labute approximate surface area is 60.6 Å². The first-order chi connectivity index (χ1) is 4.29. The van der Waals surface area contributed by atoms with Gasteiger partial charge < -0.3 is 0 Å². The topological polar surface area (TPSA) is 56.2 Å². The Balaban J connectivity index is 2.80. The van der Waals surface area contributed by atoms with Gasteiger partial charge in [0.15, 0.2) is 0 Å². The summed E-state index contributed by atoms with van der Waals surface area (Å²) in [5.74, 6) is 0. The van der Waals surface area contributed by atoms with Gasteiger partial charge in [0, 0.05) is 0 Å². The van der Waals surface area contributed by atoms with E-state index in [0.717, 1.165) is 0 Å². The summed E-state index contributed by atoms with van der Waals surface area (Å²) in [7, 11) is 0. The first-order valence-electron chi connectivity index (χ1n) is 2.28. The van der Waals surface area contributed by atoms with Crippen LogP contribution in [0.25, 0.3) is 0 Å². The van der Waals surface area contributed by atoms with Crippen molar-refractivity contribution in [2.24, 2.45) is 10.8 Å². The van der Waals surface area contributed by atoms with Crippen LogP contribution in [0, 0.1) is 0 Å².